The average molecular weight is 318 g/mol. The molecule has 0 saturated heterocycles. The number of halogens is 1. The maximum absolute atomic E-state index is 11.8. The largest absolute Gasteiger partial charge is 0.456 e. The zero-order valence-corrected chi connectivity index (χ0v) is 11.6. The maximum atomic E-state index is 11.8. The minimum atomic E-state index is -0.441. The summed E-state index contributed by atoms with van der Waals surface area (Å²) in [4.78, 5) is 11.8. The van der Waals surface area contributed by atoms with Crippen molar-refractivity contribution in [3.05, 3.63) is 32.9 Å². The molecule has 3 heteroatoms. The van der Waals surface area contributed by atoms with Gasteiger partial charge in [0.2, 0.25) is 0 Å². The highest BCUT2D eigenvalue weighted by Gasteiger charge is 2.19. The fraction of sp³-hybridized carbons (Fsp3) is 0.417. The first-order valence-electron chi connectivity index (χ1n) is 4.79. The van der Waals surface area contributed by atoms with Crippen LogP contribution in [0.5, 0.6) is 0 Å². The molecule has 0 amide bonds. The van der Waals surface area contributed by atoms with E-state index in [0.29, 0.717) is 5.56 Å². The number of ether oxygens (including phenoxy) is 1. The molecule has 0 fully saturated rings. The van der Waals surface area contributed by atoms with Crippen LogP contribution in [0.15, 0.2) is 18.2 Å². The Bertz CT molecular complexity index is 378. The van der Waals surface area contributed by atoms with Gasteiger partial charge in [-0.25, -0.2) is 4.79 Å². The van der Waals surface area contributed by atoms with E-state index in [1.165, 1.54) is 0 Å². The Morgan fingerprint density at radius 3 is 2.47 bits per heavy atom. The van der Waals surface area contributed by atoms with Crippen LogP contribution in [0.3, 0.4) is 0 Å². The van der Waals surface area contributed by atoms with E-state index in [9.17, 15) is 4.79 Å². The predicted molar refractivity (Wildman–Crippen MR) is 69.1 cm³/mol. The van der Waals surface area contributed by atoms with E-state index < -0.39 is 5.60 Å². The van der Waals surface area contributed by atoms with Crippen molar-refractivity contribution in [2.45, 2.75) is 33.3 Å². The minimum Gasteiger partial charge on any atom is -0.456 e. The van der Waals surface area contributed by atoms with Gasteiger partial charge in [-0.15, -0.1) is 0 Å². The number of esters is 1. The van der Waals surface area contributed by atoms with E-state index in [1.54, 1.807) is 0 Å². The van der Waals surface area contributed by atoms with Gasteiger partial charge in [-0.05, 0) is 62.4 Å². The van der Waals surface area contributed by atoms with E-state index in [1.807, 2.05) is 45.9 Å². The standard InChI is InChI=1S/C12H15IO2/c1-8-5-6-10(13)9(7-8)11(14)15-12(2,3)4/h5-7H,1-4H3. The molecule has 82 valence electrons. The summed E-state index contributed by atoms with van der Waals surface area (Å²) in [5, 5.41) is 0. The van der Waals surface area contributed by atoms with Crippen molar-refractivity contribution >= 4 is 28.6 Å². The zero-order valence-electron chi connectivity index (χ0n) is 9.43. The van der Waals surface area contributed by atoms with Crippen molar-refractivity contribution < 1.29 is 9.53 Å². The second-order valence-electron chi connectivity index (χ2n) is 4.49. The topological polar surface area (TPSA) is 26.3 Å². The number of rotatable bonds is 1. The Morgan fingerprint density at radius 1 is 1.33 bits per heavy atom. The second-order valence-corrected chi connectivity index (χ2v) is 5.65. The first-order valence-corrected chi connectivity index (χ1v) is 5.87. The first kappa shape index (κ1) is 12.5. The zero-order chi connectivity index (χ0) is 11.6. The van der Waals surface area contributed by atoms with Crippen LogP contribution in [0.25, 0.3) is 0 Å². The molecular formula is C12H15IO2. The molecule has 0 aliphatic rings. The first-order chi connectivity index (χ1) is 6.79. The molecule has 0 aromatic heterocycles. The van der Waals surface area contributed by atoms with Crippen LogP contribution in [-0.4, -0.2) is 11.6 Å². The highest BCUT2D eigenvalue weighted by molar-refractivity contribution is 14.1. The Hall–Kier alpha value is -0.580. The normalized spacial score (nSPS) is 11.3. The molecule has 0 saturated carbocycles. The lowest BCUT2D eigenvalue weighted by molar-refractivity contribution is 0.00682. The van der Waals surface area contributed by atoms with Gasteiger partial charge in [0.25, 0.3) is 0 Å². The summed E-state index contributed by atoms with van der Waals surface area (Å²) < 4.78 is 6.24. The van der Waals surface area contributed by atoms with Gasteiger partial charge in [0.05, 0.1) is 5.56 Å². The third-order valence-corrected chi connectivity index (χ3v) is 2.68. The molecule has 1 rings (SSSR count). The fourth-order valence-electron chi connectivity index (χ4n) is 1.13. The summed E-state index contributed by atoms with van der Waals surface area (Å²) in [6.07, 6.45) is 0. The Balaban J connectivity index is 2.96. The average Bonchev–Trinajstić information content (AvgIpc) is 2.06. The van der Waals surface area contributed by atoms with Crippen molar-refractivity contribution in [1.29, 1.82) is 0 Å². The molecule has 0 N–H and O–H groups in total. The maximum Gasteiger partial charge on any atom is 0.339 e. The van der Waals surface area contributed by atoms with Gasteiger partial charge in [-0.1, -0.05) is 11.6 Å². The van der Waals surface area contributed by atoms with Crippen molar-refractivity contribution in [3.8, 4) is 0 Å². The molecule has 1 aromatic rings. The predicted octanol–water partition coefficient (Wildman–Crippen LogP) is 3.55. The van der Waals surface area contributed by atoms with Crippen molar-refractivity contribution in [1.82, 2.24) is 0 Å². The Morgan fingerprint density at radius 2 is 1.93 bits per heavy atom. The van der Waals surface area contributed by atoms with Gasteiger partial charge in [-0.3, -0.25) is 0 Å². The number of carbonyl (C=O) groups is 1. The lowest BCUT2D eigenvalue weighted by Gasteiger charge is -2.20. The van der Waals surface area contributed by atoms with E-state index in [4.69, 9.17) is 4.74 Å². The van der Waals surface area contributed by atoms with Gasteiger partial charge in [0, 0.05) is 3.57 Å². The van der Waals surface area contributed by atoms with Crippen LogP contribution < -0.4 is 0 Å². The van der Waals surface area contributed by atoms with Crippen molar-refractivity contribution in [2.75, 3.05) is 0 Å². The number of hydrogen-bond donors (Lipinski definition) is 0. The highest BCUT2D eigenvalue weighted by Crippen LogP contribution is 2.18. The van der Waals surface area contributed by atoms with E-state index in [0.717, 1.165) is 9.13 Å². The van der Waals surface area contributed by atoms with Crippen LogP contribution in [0.1, 0.15) is 36.7 Å². The smallest absolute Gasteiger partial charge is 0.339 e. The molecule has 0 radical (unpaired) electrons. The molecule has 15 heavy (non-hydrogen) atoms. The van der Waals surface area contributed by atoms with E-state index in [-0.39, 0.29) is 5.97 Å². The highest BCUT2D eigenvalue weighted by atomic mass is 127. The summed E-state index contributed by atoms with van der Waals surface area (Å²) in [7, 11) is 0. The van der Waals surface area contributed by atoms with Crippen molar-refractivity contribution in [2.24, 2.45) is 0 Å². The molecular weight excluding hydrogens is 303 g/mol. The number of carbonyl (C=O) groups excluding carboxylic acids is 1. The Labute approximate surface area is 104 Å². The van der Waals surface area contributed by atoms with Gasteiger partial charge < -0.3 is 4.74 Å². The van der Waals surface area contributed by atoms with Crippen LogP contribution in [0.2, 0.25) is 0 Å². The molecule has 0 aliphatic carbocycles. The van der Waals surface area contributed by atoms with Gasteiger partial charge in [-0.2, -0.15) is 0 Å². The molecule has 2 nitrogen and oxygen atoms in total. The fourth-order valence-corrected chi connectivity index (χ4v) is 1.68. The molecule has 0 atom stereocenters. The van der Waals surface area contributed by atoms with Crippen LogP contribution in [-0.2, 0) is 4.74 Å². The number of aryl methyl sites for hydroxylation is 1. The lowest BCUT2D eigenvalue weighted by atomic mass is 10.1. The van der Waals surface area contributed by atoms with Crippen LogP contribution >= 0.6 is 22.6 Å². The van der Waals surface area contributed by atoms with Crippen LogP contribution in [0, 0.1) is 10.5 Å². The molecule has 0 aliphatic heterocycles. The third kappa shape index (κ3) is 3.81. The number of hydrogen-bond acceptors (Lipinski definition) is 2. The second kappa shape index (κ2) is 4.51. The molecule has 0 heterocycles. The third-order valence-electron chi connectivity index (χ3n) is 1.74. The molecule has 1 aromatic carbocycles. The summed E-state index contributed by atoms with van der Waals surface area (Å²) in [5.74, 6) is -0.254. The van der Waals surface area contributed by atoms with E-state index in [2.05, 4.69) is 22.6 Å². The molecule has 0 bridgehead atoms. The molecule has 0 unspecified atom stereocenters. The summed E-state index contributed by atoms with van der Waals surface area (Å²) in [6.45, 7) is 7.57. The monoisotopic (exact) mass is 318 g/mol. The summed E-state index contributed by atoms with van der Waals surface area (Å²) in [6, 6.07) is 5.76. The number of benzene rings is 1. The lowest BCUT2D eigenvalue weighted by Crippen LogP contribution is -2.24. The minimum absolute atomic E-state index is 0.254. The van der Waals surface area contributed by atoms with Gasteiger partial charge >= 0.3 is 5.97 Å². The molecule has 0 spiro atoms. The van der Waals surface area contributed by atoms with Gasteiger partial charge in [0.1, 0.15) is 5.60 Å². The SMILES string of the molecule is Cc1ccc(I)c(C(=O)OC(C)(C)C)c1. The summed E-state index contributed by atoms with van der Waals surface area (Å²) >= 11 is 2.14. The van der Waals surface area contributed by atoms with E-state index >= 15 is 0 Å². The van der Waals surface area contributed by atoms with Gasteiger partial charge in [0.15, 0.2) is 0 Å². The van der Waals surface area contributed by atoms with Crippen molar-refractivity contribution in [3.63, 3.8) is 0 Å². The summed E-state index contributed by atoms with van der Waals surface area (Å²) in [5.41, 5.74) is 1.27. The van der Waals surface area contributed by atoms with Crippen LogP contribution in [0.4, 0.5) is 0 Å². The quantitative estimate of drug-likeness (QED) is 0.585. The Kier molecular flexibility index (Phi) is 3.76.